The maximum atomic E-state index is 14.1. The predicted molar refractivity (Wildman–Crippen MR) is 327 cm³/mol. The van der Waals surface area contributed by atoms with Gasteiger partial charge in [-0.05, 0) is 68.5 Å². The molecule has 0 saturated heterocycles. The molecule has 88 heavy (non-hydrogen) atoms. The molecule has 6 atom stereocenters. The zero-order valence-electron chi connectivity index (χ0n) is 49.4. The Kier molecular flexibility index (Phi) is 18.2. The fourth-order valence-corrected chi connectivity index (χ4v) is 15.6. The number of cyclic esters (lactones) is 2. The lowest BCUT2D eigenvalue weighted by Crippen LogP contribution is -2.49. The van der Waals surface area contributed by atoms with Gasteiger partial charge in [0.25, 0.3) is 11.1 Å². The van der Waals surface area contributed by atoms with Crippen molar-refractivity contribution in [1.82, 2.24) is 29.7 Å². The van der Waals surface area contributed by atoms with Gasteiger partial charge in [0.05, 0.1) is 77.2 Å². The quantitative estimate of drug-likeness (QED) is 0.0317. The van der Waals surface area contributed by atoms with Crippen LogP contribution >= 0.6 is 23.5 Å². The van der Waals surface area contributed by atoms with Crippen molar-refractivity contribution in [3.05, 3.63) is 127 Å². The highest BCUT2D eigenvalue weighted by atomic mass is 32.2. The average Bonchev–Trinajstić information content (AvgIpc) is 1.68. The Morgan fingerprint density at radius 2 is 1.08 bits per heavy atom. The lowest BCUT2D eigenvalue weighted by atomic mass is 9.85. The summed E-state index contributed by atoms with van der Waals surface area (Å²) in [5.74, 6) is -5.56. The monoisotopic (exact) mass is 1240 g/mol. The zero-order chi connectivity index (χ0) is 62.0. The van der Waals surface area contributed by atoms with E-state index in [9.17, 15) is 47.9 Å². The lowest BCUT2D eigenvalue weighted by molar-refractivity contribution is -0.189. The van der Waals surface area contributed by atoms with E-state index in [4.69, 9.17) is 33.7 Å². The average molecular weight is 1240 g/mol. The van der Waals surface area contributed by atoms with Gasteiger partial charge in [-0.15, -0.1) is 0 Å². The van der Waals surface area contributed by atoms with E-state index in [0.717, 1.165) is 45.8 Å². The number of carbonyl (C=O) groups is 8. The summed E-state index contributed by atoms with van der Waals surface area (Å²) in [6, 6.07) is 22.5. The maximum Gasteiger partial charge on any atom is 0.355 e. The molecule has 5 aliphatic rings. The third-order valence-electron chi connectivity index (χ3n) is 17.5. The molecule has 4 aliphatic heterocycles. The summed E-state index contributed by atoms with van der Waals surface area (Å²) < 4.78 is 31.7. The molecule has 4 unspecified atom stereocenters. The Bertz CT molecular complexity index is 3980. The minimum atomic E-state index is -2.01. The number of fused-ring (bicyclic) bond motifs is 10. The highest BCUT2D eigenvalue weighted by Gasteiger charge is 2.52. The van der Waals surface area contributed by atoms with E-state index >= 15 is 0 Å². The van der Waals surface area contributed by atoms with E-state index < -0.39 is 77.4 Å². The number of esters is 4. The van der Waals surface area contributed by atoms with Crippen molar-refractivity contribution < 1.29 is 62.0 Å². The number of rotatable bonds is 26. The molecular formula is C65H68N6O15S2. The molecule has 21 nitrogen and oxygen atoms in total. The fraction of sp³-hybridized carbons (Fsp3) is 0.446. The Morgan fingerprint density at radius 3 is 1.53 bits per heavy atom. The third-order valence-corrected chi connectivity index (χ3v) is 20.8. The van der Waals surface area contributed by atoms with E-state index in [0.29, 0.717) is 41.4 Å². The Labute approximate surface area is 514 Å². The lowest BCUT2D eigenvalue weighted by Gasteiger charge is -2.37. The number of benzene rings is 2. The van der Waals surface area contributed by atoms with Gasteiger partial charge in [-0.1, -0.05) is 64.1 Å². The minimum Gasteiger partial charge on any atom is -0.457 e. The summed E-state index contributed by atoms with van der Waals surface area (Å²) in [6.07, 6.45) is 2.36. The van der Waals surface area contributed by atoms with Crippen molar-refractivity contribution >= 4 is 92.6 Å². The molecule has 1 fully saturated rings. The molecule has 23 heteroatoms. The number of thioether (sulfide) groups is 2. The molecule has 460 valence electrons. The largest absolute Gasteiger partial charge is 0.457 e. The van der Waals surface area contributed by atoms with Gasteiger partial charge in [0.15, 0.2) is 0 Å². The zero-order valence-corrected chi connectivity index (χ0v) is 51.0. The van der Waals surface area contributed by atoms with Crippen molar-refractivity contribution in [2.45, 2.75) is 133 Å². The van der Waals surface area contributed by atoms with E-state index in [1.807, 2.05) is 67.6 Å². The van der Waals surface area contributed by atoms with Crippen LogP contribution in [0.2, 0.25) is 0 Å². The minimum absolute atomic E-state index is 0.00815. The number of amides is 2. The SMILES string of the molecule is CCC(=O)CCOCCC(=O)CC(CSC1CCC1SCC(CC)C(=O)NCC(=O)O[C@]1(CC)C(=O)OCc2c1cc1n(c2=O)Cc2cc3ccccc3nc2-1)C(=O)NCC(=O)O[C@]1(CC)C(=O)OCc2c1cc1n(c2=O)Cc2cc3ccccc3nc2-1. The summed E-state index contributed by atoms with van der Waals surface area (Å²) in [5, 5.41) is 7.30. The molecule has 11 rings (SSSR count). The van der Waals surface area contributed by atoms with E-state index in [1.165, 1.54) is 11.8 Å². The summed E-state index contributed by atoms with van der Waals surface area (Å²) in [6.45, 7) is 5.83. The van der Waals surface area contributed by atoms with Gasteiger partial charge in [-0.2, -0.15) is 23.5 Å². The first-order chi connectivity index (χ1) is 42.5. The first kappa shape index (κ1) is 61.6. The number of hydrogen-bond donors (Lipinski definition) is 2. The van der Waals surface area contributed by atoms with Crippen LogP contribution in [0.4, 0.5) is 0 Å². The molecule has 4 aromatic heterocycles. The normalized spacial score (nSPS) is 20.0. The number of Topliss-reactive ketones (excluding diaryl/α,β-unsaturated/α-hetero) is 2. The van der Waals surface area contributed by atoms with Gasteiger partial charge in [-0.3, -0.25) is 38.4 Å². The van der Waals surface area contributed by atoms with Gasteiger partial charge in [0, 0.05) is 86.6 Å². The molecule has 0 radical (unpaired) electrons. The third kappa shape index (κ3) is 11.9. The predicted octanol–water partition coefficient (Wildman–Crippen LogP) is 6.88. The second kappa shape index (κ2) is 26.0. The number of pyridine rings is 4. The maximum absolute atomic E-state index is 14.1. The Balaban J connectivity index is 0.707. The standard InChI is InChI=1S/C65H68N6O15S2/c1-5-36(58(76)66-28-54(74)85-64(7-3)46-26-50-56-39(23-37-13-9-11-15-48(37)68-56)30-70(50)60(78)44(46)32-83-62(64)80)34-87-52-17-18-53(52)88-35-41(25-43(73)20-22-82-21-19-42(72)6-2)59(77)67-29-55(75)86-65(8-4)47-27-51-57-40(24-38-14-10-12-16-49(38)69-57)31-71(51)61(79)45(47)33-84-63(65)81/h9-16,23-24,26-27,36,41,52-53H,5-8,17-22,25,28-35H2,1-4H3,(H,66,76)(H,67,77)/t36?,41?,52?,53?,64-,65-/m0/s1. The second-order valence-electron chi connectivity index (χ2n) is 22.8. The molecule has 2 N–H and O–H groups in total. The topological polar surface area (TPSA) is 277 Å². The van der Waals surface area contributed by atoms with Gasteiger partial charge in [-0.25, -0.2) is 19.6 Å². The van der Waals surface area contributed by atoms with Crippen LogP contribution in [-0.2, 0) is 99.5 Å². The molecule has 8 heterocycles. The van der Waals surface area contributed by atoms with Crippen LogP contribution in [0.1, 0.15) is 119 Å². The Morgan fingerprint density at radius 1 is 0.625 bits per heavy atom. The van der Waals surface area contributed by atoms with Crippen molar-refractivity contribution in [2.75, 3.05) is 37.8 Å². The van der Waals surface area contributed by atoms with E-state index in [1.54, 1.807) is 53.8 Å². The van der Waals surface area contributed by atoms with Crippen molar-refractivity contribution in [1.29, 1.82) is 0 Å². The smallest absolute Gasteiger partial charge is 0.355 e. The molecule has 2 aromatic carbocycles. The number of nitrogens with zero attached hydrogens (tertiary/aromatic N) is 4. The van der Waals surface area contributed by atoms with Crippen molar-refractivity contribution in [3.8, 4) is 22.8 Å². The number of ketones is 2. The summed E-state index contributed by atoms with van der Waals surface area (Å²) >= 11 is 3.11. The van der Waals surface area contributed by atoms with Gasteiger partial charge >= 0.3 is 23.9 Å². The van der Waals surface area contributed by atoms with Crippen LogP contribution in [-0.4, -0.2) is 115 Å². The first-order valence-corrected chi connectivity index (χ1v) is 32.1. The van der Waals surface area contributed by atoms with Gasteiger partial charge in [0.2, 0.25) is 23.0 Å². The van der Waals surface area contributed by atoms with E-state index in [2.05, 4.69) is 10.6 Å². The number of para-hydroxylation sites is 2. The van der Waals surface area contributed by atoms with Crippen LogP contribution < -0.4 is 21.8 Å². The molecule has 6 aromatic rings. The van der Waals surface area contributed by atoms with E-state index in [-0.39, 0.29) is 127 Å². The molecule has 0 spiro atoms. The number of ether oxygens (including phenoxy) is 5. The van der Waals surface area contributed by atoms with Crippen LogP contribution in [0.15, 0.2) is 82.4 Å². The number of nitrogens with one attached hydrogen (secondary N) is 2. The van der Waals surface area contributed by atoms with Gasteiger partial charge in [0.1, 0.15) is 37.9 Å². The second-order valence-corrected chi connectivity index (χ2v) is 25.3. The fourth-order valence-electron chi connectivity index (χ4n) is 12.2. The molecule has 1 aliphatic carbocycles. The summed E-state index contributed by atoms with van der Waals surface area (Å²) in [7, 11) is 0. The number of hydrogen-bond acceptors (Lipinski definition) is 19. The molecule has 1 saturated carbocycles. The van der Waals surface area contributed by atoms with Crippen molar-refractivity contribution in [2.24, 2.45) is 11.8 Å². The molecule has 2 amide bonds. The number of carbonyl (C=O) groups excluding carboxylic acids is 8. The highest BCUT2D eigenvalue weighted by Crippen LogP contribution is 2.45. The number of aromatic nitrogens is 4. The Hall–Kier alpha value is -8.02. The molecule has 0 bridgehead atoms. The van der Waals surface area contributed by atoms with Crippen LogP contribution in [0, 0.1) is 11.8 Å². The summed E-state index contributed by atoms with van der Waals surface area (Å²) in [4.78, 5) is 146. The van der Waals surface area contributed by atoms with Crippen LogP contribution in [0.3, 0.4) is 0 Å². The summed E-state index contributed by atoms with van der Waals surface area (Å²) in [5.41, 5.74) is 1.29. The molecular weight excluding hydrogens is 1170 g/mol. The first-order valence-electron chi connectivity index (χ1n) is 30.0. The van der Waals surface area contributed by atoms with Crippen LogP contribution in [0.25, 0.3) is 44.6 Å². The van der Waals surface area contributed by atoms with Crippen molar-refractivity contribution in [3.63, 3.8) is 0 Å². The van der Waals surface area contributed by atoms with Crippen LogP contribution in [0.5, 0.6) is 0 Å². The highest BCUT2D eigenvalue weighted by molar-refractivity contribution is 8.04. The van der Waals surface area contributed by atoms with Gasteiger partial charge < -0.3 is 43.5 Å².